The fourth-order valence-electron chi connectivity index (χ4n) is 1.28. The molecule has 1 aliphatic heterocycles. The van der Waals surface area contributed by atoms with Gasteiger partial charge in [0.1, 0.15) is 0 Å². The molecule has 0 aliphatic carbocycles. The summed E-state index contributed by atoms with van der Waals surface area (Å²) in [5.74, 6) is -3.97. The van der Waals surface area contributed by atoms with Crippen LogP contribution in [0.1, 0.15) is 6.92 Å². The van der Waals surface area contributed by atoms with E-state index in [1.54, 1.807) is 0 Å². The van der Waals surface area contributed by atoms with Crippen molar-refractivity contribution in [3.8, 4) is 0 Å². The zero-order valence-corrected chi connectivity index (χ0v) is 9.03. The molecule has 7 heteroatoms. The minimum absolute atomic E-state index is 0.137. The van der Waals surface area contributed by atoms with E-state index in [4.69, 9.17) is 4.74 Å². The Morgan fingerprint density at radius 3 is 2.50 bits per heavy atom. The number of hydrogen-bond donors (Lipinski definition) is 2. The second-order valence-electron chi connectivity index (χ2n) is 4.14. The molecule has 1 aliphatic rings. The molecule has 16 heavy (non-hydrogen) atoms. The van der Waals surface area contributed by atoms with Crippen LogP contribution in [0.3, 0.4) is 0 Å². The topological polar surface area (TPSA) is 33.3 Å². The molecule has 0 amide bonds. The van der Waals surface area contributed by atoms with Gasteiger partial charge in [-0.05, 0) is 6.92 Å². The minimum Gasteiger partial charge on any atom is -0.371 e. The maximum absolute atomic E-state index is 12.4. The molecule has 0 aromatic rings. The molecule has 3 nitrogen and oxygen atoms in total. The third-order valence-corrected chi connectivity index (χ3v) is 2.41. The van der Waals surface area contributed by atoms with Crippen molar-refractivity contribution in [2.24, 2.45) is 0 Å². The number of alkyl halides is 4. The van der Waals surface area contributed by atoms with E-state index in [0.29, 0.717) is 0 Å². The van der Waals surface area contributed by atoms with Gasteiger partial charge in [0.05, 0.1) is 18.8 Å². The van der Waals surface area contributed by atoms with Gasteiger partial charge in [-0.3, -0.25) is 0 Å². The molecule has 0 saturated carbocycles. The lowest BCUT2D eigenvalue weighted by molar-refractivity contribution is -0.126. The van der Waals surface area contributed by atoms with Gasteiger partial charge >= 0.3 is 12.3 Å². The number of ether oxygens (including phenoxy) is 1. The van der Waals surface area contributed by atoms with Crippen LogP contribution in [0, 0.1) is 0 Å². The van der Waals surface area contributed by atoms with Crippen LogP contribution < -0.4 is 10.6 Å². The molecule has 1 rings (SSSR count). The van der Waals surface area contributed by atoms with Gasteiger partial charge < -0.3 is 15.4 Å². The van der Waals surface area contributed by atoms with E-state index in [0.717, 1.165) is 13.1 Å². The molecule has 0 bridgehead atoms. The molecule has 1 saturated heterocycles. The van der Waals surface area contributed by atoms with Crippen molar-refractivity contribution < 1.29 is 22.3 Å². The van der Waals surface area contributed by atoms with Gasteiger partial charge in [-0.1, -0.05) is 0 Å². The van der Waals surface area contributed by atoms with Crippen LogP contribution in [0.2, 0.25) is 0 Å². The van der Waals surface area contributed by atoms with E-state index in [1.807, 2.05) is 6.92 Å². The third kappa shape index (κ3) is 3.88. The van der Waals surface area contributed by atoms with Crippen LogP contribution >= 0.6 is 0 Å². The van der Waals surface area contributed by atoms with E-state index in [-0.39, 0.29) is 18.8 Å². The van der Waals surface area contributed by atoms with Gasteiger partial charge in [0.2, 0.25) is 0 Å². The van der Waals surface area contributed by atoms with Gasteiger partial charge in [0, 0.05) is 19.6 Å². The SMILES string of the molecule is CC1(OCCNCC(F)(F)C(F)F)CNC1. The molecule has 0 spiro atoms. The summed E-state index contributed by atoms with van der Waals surface area (Å²) in [4.78, 5) is 0. The Hall–Kier alpha value is -0.400. The zero-order chi connectivity index (χ0) is 12.2. The molecular formula is C9H16F4N2O. The van der Waals surface area contributed by atoms with Crippen LogP contribution in [0.15, 0.2) is 0 Å². The minimum atomic E-state index is -3.97. The lowest BCUT2D eigenvalue weighted by Crippen LogP contribution is -2.59. The summed E-state index contributed by atoms with van der Waals surface area (Å²) in [5.41, 5.74) is -0.243. The molecule has 0 atom stereocenters. The molecule has 0 aromatic heterocycles. The smallest absolute Gasteiger partial charge is 0.319 e. The third-order valence-electron chi connectivity index (χ3n) is 2.41. The van der Waals surface area contributed by atoms with Crippen LogP contribution in [0.4, 0.5) is 17.6 Å². The van der Waals surface area contributed by atoms with E-state index < -0.39 is 18.9 Å². The summed E-state index contributed by atoms with van der Waals surface area (Å²) in [6, 6.07) is 0. The van der Waals surface area contributed by atoms with Crippen molar-refractivity contribution in [3.63, 3.8) is 0 Å². The van der Waals surface area contributed by atoms with Gasteiger partial charge in [-0.25, -0.2) is 8.78 Å². The molecular weight excluding hydrogens is 228 g/mol. The molecule has 2 N–H and O–H groups in total. The second kappa shape index (κ2) is 5.29. The average Bonchev–Trinajstić information content (AvgIpc) is 2.14. The summed E-state index contributed by atoms with van der Waals surface area (Å²) < 4.78 is 53.7. The van der Waals surface area contributed by atoms with E-state index >= 15 is 0 Å². The van der Waals surface area contributed by atoms with Crippen molar-refractivity contribution in [2.75, 3.05) is 32.8 Å². The monoisotopic (exact) mass is 244 g/mol. The fraction of sp³-hybridized carbons (Fsp3) is 1.00. The van der Waals surface area contributed by atoms with Crippen molar-refractivity contribution >= 4 is 0 Å². The summed E-state index contributed by atoms with van der Waals surface area (Å²) in [7, 11) is 0. The van der Waals surface area contributed by atoms with Crippen molar-refractivity contribution in [3.05, 3.63) is 0 Å². The summed E-state index contributed by atoms with van der Waals surface area (Å²) >= 11 is 0. The largest absolute Gasteiger partial charge is 0.371 e. The van der Waals surface area contributed by atoms with Crippen molar-refractivity contribution in [2.45, 2.75) is 24.9 Å². The Morgan fingerprint density at radius 1 is 1.44 bits per heavy atom. The lowest BCUT2D eigenvalue weighted by Gasteiger charge is -2.39. The Bertz CT molecular complexity index is 222. The van der Waals surface area contributed by atoms with E-state index in [9.17, 15) is 17.6 Å². The van der Waals surface area contributed by atoms with Crippen LogP contribution in [-0.2, 0) is 4.74 Å². The van der Waals surface area contributed by atoms with Crippen LogP contribution in [-0.4, -0.2) is 50.7 Å². The molecule has 1 fully saturated rings. The first kappa shape index (κ1) is 13.7. The maximum Gasteiger partial charge on any atom is 0.319 e. The lowest BCUT2D eigenvalue weighted by atomic mass is 10.0. The van der Waals surface area contributed by atoms with E-state index in [2.05, 4.69) is 10.6 Å². The standard InChI is InChI=1S/C9H16F4N2O/c1-8(4-15-5-8)16-3-2-14-6-9(12,13)7(10)11/h7,14-15H,2-6H2,1H3. The first-order chi connectivity index (χ1) is 7.36. The molecule has 0 radical (unpaired) electrons. The Labute approximate surface area is 91.5 Å². The molecule has 0 unspecified atom stereocenters. The highest BCUT2D eigenvalue weighted by Gasteiger charge is 2.40. The average molecular weight is 244 g/mol. The van der Waals surface area contributed by atoms with Crippen LogP contribution in [0.5, 0.6) is 0 Å². The van der Waals surface area contributed by atoms with Gasteiger partial charge in [0.25, 0.3) is 0 Å². The van der Waals surface area contributed by atoms with Crippen molar-refractivity contribution in [1.29, 1.82) is 0 Å². The second-order valence-corrected chi connectivity index (χ2v) is 4.14. The number of halogens is 4. The highest BCUT2D eigenvalue weighted by atomic mass is 19.3. The van der Waals surface area contributed by atoms with Gasteiger partial charge in [0.15, 0.2) is 0 Å². The van der Waals surface area contributed by atoms with Crippen LogP contribution in [0.25, 0.3) is 0 Å². The Kier molecular flexibility index (Phi) is 4.52. The molecule has 96 valence electrons. The van der Waals surface area contributed by atoms with Crippen molar-refractivity contribution in [1.82, 2.24) is 10.6 Å². The summed E-state index contributed by atoms with van der Waals surface area (Å²) in [6.07, 6.45) is -3.63. The summed E-state index contributed by atoms with van der Waals surface area (Å²) in [6.45, 7) is 2.69. The number of hydrogen-bond acceptors (Lipinski definition) is 3. The fourth-order valence-corrected chi connectivity index (χ4v) is 1.28. The Morgan fingerprint density at radius 2 is 2.06 bits per heavy atom. The molecule has 1 heterocycles. The van der Waals surface area contributed by atoms with Gasteiger partial charge in [-0.2, -0.15) is 8.78 Å². The summed E-state index contributed by atoms with van der Waals surface area (Å²) in [5, 5.41) is 5.27. The Balaban J connectivity index is 2.03. The first-order valence-corrected chi connectivity index (χ1v) is 5.07. The molecule has 0 aromatic carbocycles. The predicted molar refractivity (Wildman–Crippen MR) is 51.0 cm³/mol. The first-order valence-electron chi connectivity index (χ1n) is 5.07. The van der Waals surface area contributed by atoms with E-state index in [1.165, 1.54) is 0 Å². The quantitative estimate of drug-likeness (QED) is 0.514. The highest BCUT2D eigenvalue weighted by Crippen LogP contribution is 2.21. The maximum atomic E-state index is 12.4. The number of nitrogens with one attached hydrogen (secondary N) is 2. The normalized spacial score (nSPS) is 19.9. The zero-order valence-electron chi connectivity index (χ0n) is 9.03. The number of rotatable bonds is 7. The van der Waals surface area contributed by atoms with Gasteiger partial charge in [-0.15, -0.1) is 0 Å². The predicted octanol–water partition coefficient (Wildman–Crippen LogP) is 0.855. The highest BCUT2D eigenvalue weighted by molar-refractivity contribution is 4.90.